The second-order valence-corrected chi connectivity index (χ2v) is 11.6. The van der Waals surface area contributed by atoms with Gasteiger partial charge in [0.05, 0.1) is 38.9 Å². The molecule has 0 bridgehead atoms. The number of aryl methyl sites for hydroxylation is 1. The van der Waals surface area contributed by atoms with Gasteiger partial charge in [-0.05, 0) is 48.9 Å². The Hall–Kier alpha value is -2.78. The molecule has 1 aromatic heterocycles. The molecule has 4 rings (SSSR count). The van der Waals surface area contributed by atoms with Crippen LogP contribution in [0.15, 0.2) is 83.0 Å². The third-order valence-electron chi connectivity index (χ3n) is 5.20. The van der Waals surface area contributed by atoms with Crippen molar-refractivity contribution in [2.45, 2.75) is 17.0 Å². The average molecular weight is 547 g/mol. The number of thioether (sulfide) groups is 1. The molecule has 35 heavy (non-hydrogen) atoms. The summed E-state index contributed by atoms with van der Waals surface area (Å²) < 4.78 is 25.7. The van der Waals surface area contributed by atoms with Gasteiger partial charge in [0.1, 0.15) is 0 Å². The highest BCUT2D eigenvalue weighted by Gasteiger charge is 2.18. The molecule has 0 saturated heterocycles. The molecule has 0 fully saturated rings. The number of nitrogens with zero attached hydrogens (tertiary/aromatic N) is 2. The molecule has 10 heteroatoms. The van der Waals surface area contributed by atoms with Gasteiger partial charge >= 0.3 is 0 Å². The lowest BCUT2D eigenvalue weighted by Crippen LogP contribution is -2.15. The minimum absolute atomic E-state index is 0.0440. The smallest absolute Gasteiger partial charge is 0.234 e. The monoisotopic (exact) mass is 545 g/mol. The molecule has 4 aromatic rings. The van der Waals surface area contributed by atoms with Crippen LogP contribution in [0.4, 0.5) is 5.69 Å². The summed E-state index contributed by atoms with van der Waals surface area (Å²) in [4.78, 5) is 17.4. The first-order chi connectivity index (χ1) is 16.6. The third kappa shape index (κ3) is 5.90. The molecule has 0 atom stereocenters. The second-order valence-electron chi connectivity index (χ2n) is 7.81. The maximum atomic E-state index is 12.7. The molecule has 180 valence electrons. The number of halogens is 2. The van der Waals surface area contributed by atoms with Crippen molar-refractivity contribution in [2.75, 3.05) is 17.3 Å². The van der Waals surface area contributed by atoms with Gasteiger partial charge in [-0.3, -0.25) is 9.36 Å². The maximum Gasteiger partial charge on any atom is 0.234 e. The summed E-state index contributed by atoms with van der Waals surface area (Å²) in [6, 6.07) is 19.6. The van der Waals surface area contributed by atoms with Crippen LogP contribution in [-0.2, 0) is 14.6 Å². The zero-order valence-electron chi connectivity index (χ0n) is 18.8. The number of imidazole rings is 1. The van der Waals surface area contributed by atoms with Crippen molar-refractivity contribution in [3.63, 3.8) is 0 Å². The van der Waals surface area contributed by atoms with Crippen LogP contribution < -0.4 is 5.32 Å². The maximum absolute atomic E-state index is 12.7. The van der Waals surface area contributed by atoms with E-state index >= 15 is 0 Å². The van der Waals surface area contributed by atoms with Crippen LogP contribution in [0.1, 0.15) is 5.56 Å². The summed E-state index contributed by atoms with van der Waals surface area (Å²) in [5, 5.41) is 4.23. The number of amides is 1. The number of nitrogens with one attached hydrogen (secondary N) is 1. The highest BCUT2D eigenvalue weighted by molar-refractivity contribution is 7.99. The van der Waals surface area contributed by atoms with Crippen molar-refractivity contribution in [1.29, 1.82) is 0 Å². The fourth-order valence-electron chi connectivity index (χ4n) is 3.46. The minimum atomic E-state index is -3.44. The average Bonchev–Trinajstić information content (AvgIpc) is 3.23. The standard InChI is InChI=1S/C25H21Cl2N3O3S2/c1-16-5-3-4-6-22(16)30-23(17-7-9-18(26)10-8-17)14-28-25(30)34-15-24(31)29-21-13-19(35(2,32)33)11-12-20(21)27/h3-14H,15H2,1-2H3,(H,29,31). The summed E-state index contributed by atoms with van der Waals surface area (Å²) in [7, 11) is -3.44. The van der Waals surface area contributed by atoms with Crippen LogP contribution in [0.5, 0.6) is 0 Å². The van der Waals surface area contributed by atoms with Gasteiger partial charge in [-0.1, -0.05) is 65.3 Å². The Balaban J connectivity index is 1.61. The number of carbonyl (C=O) groups excluding carboxylic acids is 1. The summed E-state index contributed by atoms with van der Waals surface area (Å²) in [6.45, 7) is 2.01. The van der Waals surface area contributed by atoms with Crippen molar-refractivity contribution >= 4 is 56.4 Å². The molecule has 0 unspecified atom stereocenters. The lowest BCUT2D eigenvalue weighted by atomic mass is 10.1. The number of rotatable bonds is 7. The Morgan fingerprint density at radius 2 is 1.77 bits per heavy atom. The zero-order valence-corrected chi connectivity index (χ0v) is 22.0. The van der Waals surface area contributed by atoms with Gasteiger partial charge in [0.25, 0.3) is 0 Å². The van der Waals surface area contributed by atoms with Crippen molar-refractivity contribution < 1.29 is 13.2 Å². The number of hydrogen-bond donors (Lipinski definition) is 1. The molecule has 0 aliphatic rings. The normalized spacial score (nSPS) is 11.4. The van der Waals surface area contributed by atoms with Gasteiger partial charge in [-0.25, -0.2) is 13.4 Å². The van der Waals surface area contributed by atoms with E-state index in [9.17, 15) is 13.2 Å². The SMILES string of the molecule is Cc1ccccc1-n1c(-c2ccc(Cl)cc2)cnc1SCC(=O)Nc1cc(S(C)(=O)=O)ccc1Cl. The lowest BCUT2D eigenvalue weighted by molar-refractivity contribution is -0.113. The number of sulfone groups is 1. The fraction of sp³-hybridized carbons (Fsp3) is 0.120. The Morgan fingerprint density at radius 1 is 1.06 bits per heavy atom. The van der Waals surface area contributed by atoms with Crippen LogP contribution in [0.2, 0.25) is 10.0 Å². The van der Waals surface area contributed by atoms with Crippen molar-refractivity contribution in [2.24, 2.45) is 0 Å². The number of carbonyl (C=O) groups is 1. The van der Waals surface area contributed by atoms with Gasteiger partial charge < -0.3 is 5.32 Å². The molecule has 1 N–H and O–H groups in total. The summed E-state index contributed by atoms with van der Waals surface area (Å²) in [6.07, 6.45) is 2.86. The largest absolute Gasteiger partial charge is 0.324 e. The van der Waals surface area contributed by atoms with E-state index in [1.54, 1.807) is 6.20 Å². The zero-order chi connectivity index (χ0) is 25.2. The topological polar surface area (TPSA) is 81.1 Å². The minimum Gasteiger partial charge on any atom is -0.324 e. The van der Waals surface area contributed by atoms with Gasteiger partial charge in [-0.15, -0.1) is 0 Å². The van der Waals surface area contributed by atoms with Crippen molar-refractivity contribution in [3.05, 3.63) is 88.5 Å². The number of anilines is 1. The second kappa shape index (κ2) is 10.5. The van der Waals surface area contributed by atoms with E-state index in [1.165, 1.54) is 30.0 Å². The van der Waals surface area contributed by atoms with Crippen LogP contribution in [0.3, 0.4) is 0 Å². The Morgan fingerprint density at radius 3 is 2.46 bits per heavy atom. The number of benzene rings is 3. The highest BCUT2D eigenvalue weighted by atomic mass is 35.5. The fourth-order valence-corrected chi connectivity index (χ4v) is 5.18. The Bertz CT molecular complexity index is 1500. The van der Waals surface area contributed by atoms with Crippen LogP contribution in [0, 0.1) is 6.92 Å². The van der Waals surface area contributed by atoms with E-state index in [0.29, 0.717) is 10.2 Å². The lowest BCUT2D eigenvalue weighted by Gasteiger charge is -2.15. The van der Waals surface area contributed by atoms with E-state index in [-0.39, 0.29) is 27.3 Å². The van der Waals surface area contributed by atoms with Gasteiger partial charge in [0, 0.05) is 16.8 Å². The molecule has 1 heterocycles. The van der Waals surface area contributed by atoms with Crippen LogP contribution in [-0.4, -0.2) is 35.9 Å². The molecule has 0 saturated carbocycles. The Kier molecular flexibility index (Phi) is 7.56. The van der Waals surface area contributed by atoms with E-state index in [1.807, 2.05) is 60.0 Å². The van der Waals surface area contributed by atoms with Gasteiger partial charge in [0.15, 0.2) is 15.0 Å². The molecule has 0 spiro atoms. The molecule has 0 radical (unpaired) electrons. The quantitative estimate of drug-likeness (QED) is 0.276. The van der Waals surface area contributed by atoms with Gasteiger partial charge in [0.2, 0.25) is 5.91 Å². The highest BCUT2D eigenvalue weighted by Crippen LogP contribution is 2.32. The predicted octanol–water partition coefficient (Wildman–Crippen LogP) is 6.29. The number of para-hydroxylation sites is 1. The predicted molar refractivity (Wildman–Crippen MR) is 143 cm³/mol. The first kappa shape index (κ1) is 25.3. The summed E-state index contributed by atoms with van der Waals surface area (Å²) in [5.74, 6) is -0.294. The van der Waals surface area contributed by atoms with Crippen LogP contribution >= 0.6 is 35.0 Å². The molecule has 1 amide bonds. The van der Waals surface area contributed by atoms with Gasteiger partial charge in [-0.2, -0.15) is 0 Å². The van der Waals surface area contributed by atoms with Crippen molar-refractivity contribution in [1.82, 2.24) is 9.55 Å². The van der Waals surface area contributed by atoms with E-state index in [0.717, 1.165) is 28.8 Å². The van der Waals surface area contributed by atoms with E-state index in [4.69, 9.17) is 23.2 Å². The first-order valence-electron chi connectivity index (χ1n) is 10.5. The number of aromatic nitrogens is 2. The van der Waals surface area contributed by atoms with E-state index in [2.05, 4.69) is 10.3 Å². The summed E-state index contributed by atoms with van der Waals surface area (Å²) in [5.41, 5.74) is 4.04. The molecule has 0 aliphatic carbocycles. The van der Waals surface area contributed by atoms with Crippen LogP contribution in [0.25, 0.3) is 16.9 Å². The molecule has 6 nitrogen and oxygen atoms in total. The summed E-state index contributed by atoms with van der Waals surface area (Å²) >= 11 is 13.5. The molecule has 0 aliphatic heterocycles. The Labute approximate surface area is 218 Å². The van der Waals surface area contributed by atoms with Crippen molar-refractivity contribution in [3.8, 4) is 16.9 Å². The molecular formula is C25H21Cl2N3O3S2. The van der Waals surface area contributed by atoms with E-state index < -0.39 is 9.84 Å². The third-order valence-corrected chi connectivity index (χ3v) is 7.84. The molecule has 3 aromatic carbocycles. The molecular weight excluding hydrogens is 525 g/mol. The first-order valence-corrected chi connectivity index (χ1v) is 14.1. The number of hydrogen-bond acceptors (Lipinski definition) is 5.